The average molecular weight is 753 g/mol. The van der Waals surface area contributed by atoms with Crippen LogP contribution < -0.4 is 4.90 Å². The van der Waals surface area contributed by atoms with Crippen LogP contribution in [0.4, 0.5) is 17.1 Å². The van der Waals surface area contributed by atoms with E-state index in [-0.39, 0.29) is 11.1 Å². The van der Waals surface area contributed by atoms with Crippen molar-refractivity contribution in [2.24, 2.45) is 0 Å². The van der Waals surface area contributed by atoms with E-state index >= 15 is 0 Å². The number of aromatic nitrogens is 3. The number of nitrogens with zero attached hydrogens (tertiary/aromatic N) is 4. The Morgan fingerprint density at radius 2 is 0.875 bits per heavy atom. The van der Waals surface area contributed by atoms with E-state index in [0.29, 0.717) is 38.0 Å². The lowest BCUT2D eigenvalue weighted by Gasteiger charge is -2.26. The van der Waals surface area contributed by atoms with Gasteiger partial charge < -0.3 is 4.90 Å². The first kappa shape index (κ1) is 19.4. The summed E-state index contributed by atoms with van der Waals surface area (Å²) >= 11 is 1.31. The van der Waals surface area contributed by atoms with E-state index in [1.54, 1.807) is 12.1 Å². The minimum Gasteiger partial charge on any atom is -0.311 e. The Kier molecular flexibility index (Phi) is 5.04. The molecule has 0 radical (unpaired) electrons. The van der Waals surface area contributed by atoms with Crippen molar-refractivity contribution in [2.75, 3.05) is 4.90 Å². The predicted octanol–water partition coefficient (Wildman–Crippen LogP) is 14.0. The first-order valence-electron chi connectivity index (χ1n) is 26.2. The van der Waals surface area contributed by atoms with Crippen molar-refractivity contribution in [2.45, 2.75) is 0 Å². The Bertz CT molecular complexity index is 3850. The molecule has 8 aromatic carbocycles. The summed E-state index contributed by atoms with van der Waals surface area (Å²) in [5, 5.41) is 1.39. The second-order valence-electron chi connectivity index (χ2n) is 12.3. The zero-order valence-electron chi connectivity index (χ0n) is 46.9. The van der Waals surface area contributed by atoms with Crippen LogP contribution in [0.25, 0.3) is 76.6 Å². The molecule has 2 aromatic heterocycles. The molecule has 0 fully saturated rings. The molecular formula is C51H34N4S. The molecule has 0 spiro atoms. The summed E-state index contributed by atoms with van der Waals surface area (Å²) in [7, 11) is 0. The monoisotopic (exact) mass is 752 g/mol. The third-order valence-corrected chi connectivity index (χ3v) is 10.1. The van der Waals surface area contributed by atoms with Gasteiger partial charge in [-0.25, -0.2) is 15.0 Å². The number of hydrogen-bond donors (Lipinski definition) is 0. The smallest absolute Gasteiger partial charge is 0.164 e. The highest BCUT2D eigenvalue weighted by molar-refractivity contribution is 7.26. The van der Waals surface area contributed by atoms with Gasteiger partial charge in [0, 0.05) is 53.9 Å². The van der Waals surface area contributed by atoms with Crippen LogP contribution in [-0.4, -0.2) is 15.0 Å². The normalized spacial score (nSPS) is 15.7. The van der Waals surface area contributed by atoms with Crippen LogP contribution in [0.3, 0.4) is 0 Å². The van der Waals surface area contributed by atoms with Crippen LogP contribution in [-0.2, 0) is 0 Å². The van der Waals surface area contributed by atoms with Gasteiger partial charge in [-0.3, -0.25) is 0 Å². The average Bonchev–Trinajstić information content (AvgIpc) is 3.81. The highest BCUT2D eigenvalue weighted by Crippen LogP contribution is 2.45. The first-order chi connectivity index (χ1) is 35.3. The maximum atomic E-state index is 9.67. The van der Waals surface area contributed by atoms with Crippen LogP contribution in [0.1, 0.15) is 24.7 Å². The lowest BCUT2D eigenvalue weighted by molar-refractivity contribution is 1.08. The maximum Gasteiger partial charge on any atom is 0.164 e. The van der Waals surface area contributed by atoms with E-state index in [2.05, 4.69) is 0 Å². The molecule has 0 aliphatic heterocycles. The van der Waals surface area contributed by atoms with Crippen molar-refractivity contribution in [1.82, 2.24) is 15.0 Å². The topological polar surface area (TPSA) is 41.9 Å². The highest BCUT2D eigenvalue weighted by Gasteiger charge is 2.20. The molecule has 2 heterocycles. The van der Waals surface area contributed by atoms with Gasteiger partial charge >= 0.3 is 0 Å². The Labute approximate surface area is 355 Å². The second-order valence-corrected chi connectivity index (χ2v) is 13.3. The Morgan fingerprint density at radius 3 is 1.50 bits per heavy atom. The molecule has 0 saturated heterocycles. The van der Waals surface area contributed by atoms with Crippen molar-refractivity contribution in [3.8, 4) is 56.4 Å². The van der Waals surface area contributed by atoms with Gasteiger partial charge in [-0.2, -0.15) is 0 Å². The molecular weight excluding hydrogens is 701 g/mol. The van der Waals surface area contributed by atoms with E-state index in [0.717, 1.165) is 21.2 Å². The zero-order valence-corrected chi connectivity index (χ0v) is 29.8. The third kappa shape index (κ3) is 6.30. The highest BCUT2D eigenvalue weighted by atomic mass is 32.1. The number of benzene rings is 8. The molecule has 264 valence electrons. The number of thiophene rings is 1. The van der Waals surface area contributed by atoms with Gasteiger partial charge in [0.2, 0.25) is 0 Å². The second kappa shape index (κ2) is 14.6. The Morgan fingerprint density at radius 1 is 0.393 bits per heavy atom. The van der Waals surface area contributed by atoms with E-state index in [9.17, 15) is 8.22 Å². The van der Waals surface area contributed by atoms with Crippen LogP contribution >= 0.6 is 11.3 Å². The van der Waals surface area contributed by atoms with Gasteiger partial charge in [0.15, 0.2) is 17.5 Å². The first-order valence-corrected chi connectivity index (χ1v) is 18.0. The molecule has 0 bridgehead atoms. The van der Waals surface area contributed by atoms with Crippen molar-refractivity contribution < 1.29 is 24.7 Å². The van der Waals surface area contributed by atoms with Crippen LogP contribution in [0.15, 0.2) is 206 Å². The molecule has 10 rings (SSSR count). The summed E-state index contributed by atoms with van der Waals surface area (Å²) in [6.45, 7) is 0. The molecule has 0 saturated carbocycles. The van der Waals surface area contributed by atoms with Gasteiger partial charge in [0.05, 0.1) is 24.7 Å². The fourth-order valence-electron chi connectivity index (χ4n) is 6.30. The summed E-state index contributed by atoms with van der Waals surface area (Å²) in [5.74, 6) is 1.10. The molecule has 0 aliphatic rings. The summed E-state index contributed by atoms with van der Waals surface area (Å²) in [5.41, 5.74) is -1.89. The number of hydrogen-bond acceptors (Lipinski definition) is 5. The summed E-state index contributed by atoms with van der Waals surface area (Å²) in [4.78, 5) is 15.3. The molecule has 10 aromatic rings. The maximum absolute atomic E-state index is 9.67. The summed E-state index contributed by atoms with van der Waals surface area (Å²) in [6.07, 6.45) is 0. The van der Waals surface area contributed by atoms with Crippen molar-refractivity contribution >= 4 is 48.6 Å². The summed E-state index contributed by atoms with van der Waals surface area (Å²) < 4.78 is 162. The fourth-order valence-corrected chi connectivity index (χ4v) is 7.55. The zero-order chi connectivity index (χ0) is 52.9. The molecule has 5 heteroatoms. The van der Waals surface area contributed by atoms with Crippen molar-refractivity contribution in [1.29, 1.82) is 0 Å². The summed E-state index contributed by atoms with van der Waals surface area (Å²) in [6, 6.07) is 13.7. The molecule has 56 heavy (non-hydrogen) atoms. The Balaban J connectivity index is 1.25. The van der Waals surface area contributed by atoms with Gasteiger partial charge in [0.1, 0.15) is 0 Å². The lowest BCUT2D eigenvalue weighted by atomic mass is 9.98. The van der Waals surface area contributed by atoms with Crippen LogP contribution in [0.2, 0.25) is 0 Å². The van der Waals surface area contributed by atoms with Crippen molar-refractivity contribution in [3.63, 3.8) is 0 Å². The fraction of sp³-hybridized carbons (Fsp3) is 0. The molecule has 4 nitrogen and oxygen atoms in total. The van der Waals surface area contributed by atoms with Gasteiger partial charge in [-0.15, -0.1) is 11.3 Å². The van der Waals surface area contributed by atoms with Crippen LogP contribution in [0, 0.1) is 0 Å². The quantitative estimate of drug-likeness (QED) is 0.155. The van der Waals surface area contributed by atoms with E-state index in [4.69, 9.17) is 31.4 Å². The Hall–Kier alpha value is -7.21. The SMILES string of the molecule is [2H]c1c([2H])c([2H])c(-c2c([2H])c([2H])c(N(c3c([2H])c([2H])c([2H])c([2H])c3[2H])c3c([2H])c([2H])c(-c4ccc(-c5nc(-c6ccccc6)nc(-c6ccccc6)n5)c5c4sc4ccccc45)c([2H])c3[2H])c([2H])c2[2H])c([2H])c1[2H]. The van der Waals surface area contributed by atoms with Crippen molar-refractivity contribution in [3.05, 3.63) is 206 Å². The van der Waals surface area contributed by atoms with E-state index in [1.807, 2.05) is 84.9 Å². The number of anilines is 3. The van der Waals surface area contributed by atoms with E-state index in [1.165, 1.54) is 11.3 Å². The molecule has 0 unspecified atom stereocenters. The molecule has 0 amide bonds. The van der Waals surface area contributed by atoms with Gasteiger partial charge in [-0.05, 0) is 70.6 Å². The largest absolute Gasteiger partial charge is 0.311 e. The minimum atomic E-state index is -1.03. The third-order valence-electron chi connectivity index (χ3n) is 8.87. The van der Waals surface area contributed by atoms with Gasteiger partial charge in [0.25, 0.3) is 0 Å². The molecule has 0 atom stereocenters. The standard InChI is InChI=1S/C51H34N4S/c1-5-15-35(16-6-1)36-25-29-41(30-26-36)55(40-21-11-4-12-22-40)42-31-27-37(28-32-42)43-33-34-45(47-44-23-13-14-24-46(44)56-48(43)47)51-53-49(38-17-7-2-8-18-38)52-50(54-51)39-19-9-3-10-20-39/h1-34H/i1D,4D,5D,6D,11D,12D,15D,16D,21D,22D,25D,26D,27D,28D,29D,30D,31D,32D. The molecule has 0 N–H and O–H groups in total. The lowest BCUT2D eigenvalue weighted by Crippen LogP contribution is -2.09. The molecule has 0 aliphatic carbocycles. The van der Waals surface area contributed by atoms with E-state index < -0.39 is 137 Å². The van der Waals surface area contributed by atoms with Crippen LogP contribution in [0.5, 0.6) is 0 Å². The number of para-hydroxylation sites is 1. The van der Waals surface area contributed by atoms with Gasteiger partial charge in [-0.1, -0.05) is 157 Å². The minimum absolute atomic E-state index is 0.213. The predicted molar refractivity (Wildman–Crippen MR) is 235 cm³/mol. The number of fused-ring (bicyclic) bond motifs is 3. The number of rotatable bonds is 8.